The molecule has 0 saturated heterocycles. The average molecular weight is 504 g/mol. The Morgan fingerprint density at radius 2 is 1.57 bits per heavy atom. The Balaban J connectivity index is 1.67. The summed E-state index contributed by atoms with van der Waals surface area (Å²) in [4.78, 5) is 31.0. The van der Waals surface area contributed by atoms with Gasteiger partial charge in [-0.15, -0.1) is 11.3 Å². The normalized spacial score (nSPS) is 29.5. The predicted molar refractivity (Wildman–Crippen MR) is 142 cm³/mol. The van der Waals surface area contributed by atoms with Crippen molar-refractivity contribution in [2.24, 2.45) is 17.3 Å². The second-order valence-electron chi connectivity index (χ2n) is 12.1. The average Bonchev–Trinajstić information content (AvgIpc) is 3.29. The number of carbonyl (C=O) groups excluding carboxylic acids is 2. The molecule has 4 rings (SSSR count). The van der Waals surface area contributed by atoms with Crippen LogP contribution in [0.1, 0.15) is 118 Å². The number of amides is 1. The highest BCUT2D eigenvalue weighted by atomic mass is 32.1. The molecule has 3 aliphatic rings. The third kappa shape index (κ3) is 6.12. The minimum atomic E-state index is -0.312. The molecule has 0 atom stereocenters. The van der Waals surface area contributed by atoms with E-state index in [4.69, 9.17) is 9.47 Å². The maximum atomic E-state index is 14.1. The van der Waals surface area contributed by atoms with Crippen molar-refractivity contribution in [2.45, 2.75) is 116 Å². The summed E-state index contributed by atoms with van der Waals surface area (Å²) in [6.07, 6.45) is 12.8. The highest BCUT2D eigenvalue weighted by Crippen LogP contribution is 2.47. The van der Waals surface area contributed by atoms with Gasteiger partial charge in [-0.25, -0.2) is 4.79 Å². The molecule has 5 nitrogen and oxygen atoms in total. The molecule has 0 aliphatic heterocycles. The van der Waals surface area contributed by atoms with E-state index in [1.54, 1.807) is 18.4 Å². The van der Waals surface area contributed by atoms with Crippen molar-refractivity contribution < 1.29 is 19.1 Å². The van der Waals surface area contributed by atoms with E-state index in [0.717, 1.165) is 69.9 Å². The molecule has 3 saturated carbocycles. The molecule has 1 aromatic rings. The van der Waals surface area contributed by atoms with Crippen molar-refractivity contribution in [1.29, 1.82) is 0 Å². The summed E-state index contributed by atoms with van der Waals surface area (Å²) in [6, 6.07) is 2.30. The van der Waals surface area contributed by atoms with Crippen LogP contribution in [0.4, 0.5) is 5.69 Å². The van der Waals surface area contributed by atoms with Crippen LogP contribution in [-0.4, -0.2) is 38.2 Å². The molecule has 0 N–H and O–H groups in total. The molecule has 0 aromatic carbocycles. The van der Waals surface area contributed by atoms with Gasteiger partial charge in [0.1, 0.15) is 4.88 Å². The number of ether oxygens (including phenoxy) is 2. The molecule has 6 heteroatoms. The largest absolute Gasteiger partial charge is 0.465 e. The van der Waals surface area contributed by atoms with Crippen LogP contribution in [0.15, 0.2) is 6.07 Å². The van der Waals surface area contributed by atoms with E-state index < -0.39 is 0 Å². The number of nitrogens with zero attached hydrogens (tertiary/aromatic N) is 1. The number of rotatable bonds is 6. The van der Waals surface area contributed by atoms with Crippen LogP contribution in [0.2, 0.25) is 0 Å². The van der Waals surface area contributed by atoms with E-state index >= 15 is 0 Å². The molecule has 35 heavy (non-hydrogen) atoms. The maximum Gasteiger partial charge on any atom is 0.350 e. The first kappa shape index (κ1) is 26.7. The van der Waals surface area contributed by atoms with Crippen molar-refractivity contribution in [3.05, 3.63) is 15.8 Å². The number of methoxy groups -OCH3 is 2. The molecule has 1 aromatic heterocycles. The lowest BCUT2D eigenvalue weighted by Crippen LogP contribution is -2.47. The van der Waals surface area contributed by atoms with Gasteiger partial charge in [0, 0.05) is 23.9 Å². The van der Waals surface area contributed by atoms with Crippen LogP contribution in [0, 0.1) is 17.3 Å². The van der Waals surface area contributed by atoms with Crippen molar-refractivity contribution in [3.63, 3.8) is 0 Å². The molecule has 0 radical (unpaired) electrons. The van der Waals surface area contributed by atoms with Gasteiger partial charge in [0.15, 0.2) is 0 Å². The Bertz CT molecular complexity index is 867. The molecule has 1 amide bonds. The first-order valence-corrected chi connectivity index (χ1v) is 14.6. The second kappa shape index (κ2) is 11.3. The van der Waals surface area contributed by atoms with E-state index in [1.807, 2.05) is 4.90 Å². The summed E-state index contributed by atoms with van der Waals surface area (Å²) in [7, 11) is 3.23. The van der Waals surface area contributed by atoms with Crippen LogP contribution >= 0.6 is 11.3 Å². The fourth-order valence-electron chi connectivity index (χ4n) is 6.44. The summed E-state index contributed by atoms with van der Waals surface area (Å²) >= 11 is 1.57. The summed E-state index contributed by atoms with van der Waals surface area (Å²) in [6.45, 7) is 6.99. The molecule has 1 heterocycles. The van der Waals surface area contributed by atoms with E-state index in [0.29, 0.717) is 22.1 Å². The molecular formula is C29H45NO4S. The van der Waals surface area contributed by atoms with Gasteiger partial charge in [0.05, 0.1) is 18.9 Å². The minimum absolute atomic E-state index is 0.0516. The van der Waals surface area contributed by atoms with Crippen molar-refractivity contribution >= 4 is 28.9 Å². The quantitative estimate of drug-likeness (QED) is 0.381. The summed E-state index contributed by atoms with van der Waals surface area (Å²) in [5.41, 5.74) is 1.20. The summed E-state index contributed by atoms with van der Waals surface area (Å²) in [5.74, 6) is 1.11. The Morgan fingerprint density at radius 1 is 0.943 bits per heavy atom. The molecule has 3 aliphatic carbocycles. The fourth-order valence-corrected chi connectivity index (χ4v) is 7.68. The topological polar surface area (TPSA) is 55.8 Å². The van der Waals surface area contributed by atoms with Gasteiger partial charge < -0.3 is 14.4 Å². The van der Waals surface area contributed by atoms with E-state index in [-0.39, 0.29) is 29.9 Å². The standard InChI is InChI=1S/C29H45NO4S/c1-19-6-8-21(9-7-19)27(31)30(22-10-12-23(33-4)13-11-22)24-18-25(35-26(24)28(32)34-5)20-14-16-29(2,3)17-15-20/h18-23H,6-17H2,1-5H3. The zero-order valence-electron chi connectivity index (χ0n) is 22.4. The fraction of sp³-hybridized carbons (Fsp3) is 0.793. The van der Waals surface area contributed by atoms with Crippen LogP contribution in [0.5, 0.6) is 0 Å². The number of esters is 1. The van der Waals surface area contributed by atoms with E-state index in [9.17, 15) is 9.59 Å². The Kier molecular flexibility index (Phi) is 8.63. The van der Waals surface area contributed by atoms with Crippen molar-refractivity contribution in [2.75, 3.05) is 19.1 Å². The first-order valence-electron chi connectivity index (χ1n) is 13.8. The van der Waals surface area contributed by atoms with Crippen molar-refractivity contribution in [1.82, 2.24) is 0 Å². The number of hydrogen-bond donors (Lipinski definition) is 0. The highest BCUT2D eigenvalue weighted by Gasteiger charge is 2.38. The van der Waals surface area contributed by atoms with Gasteiger partial charge in [-0.2, -0.15) is 0 Å². The van der Waals surface area contributed by atoms with E-state index in [1.165, 1.54) is 24.8 Å². The van der Waals surface area contributed by atoms with Gasteiger partial charge >= 0.3 is 5.97 Å². The van der Waals surface area contributed by atoms with Gasteiger partial charge in [-0.1, -0.05) is 20.8 Å². The van der Waals surface area contributed by atoms with Crippen LogP contribution in [0.3, 0.4) is 0 Å². The molecule has 196 valence electrons. The van der Waals surface area contributed by atoms with Crippen LogP contribution in [-0.2, 0) is 14.3 Å². The van der Waals surface area contributed by atoms with Gasteiger partial charge in [-0.3, -0.25) is 4.79 Å². The summed E-state index contributed by atoms with van der Waals surface area (Å²) < 4.78 is 10.9. The third-order valence-corrected chi connectivity index (χ3v) is 10.3. The number of carbonyl (C=O) groups is 2. The minimum Gasteiger partial charge on any atom is -0.465 e. The SMILES string of the molecule is COC(=O)c1sc(C2CCC(C)(C)CC2)cc1N(C(=O)C1CCC(C)CC1)C1CCC(OC)CC1. The van der Waals surface area contributed by atoms with Crippen LogP contribution in [0.25, 0.3) is 0 Å². The van der Waals surface area contributed by atoms with Crippen LogP contribution < -0.4 is 4.90 Å². The molecule has 3 fully saturated rings. The lowest BCUT2D eigenvalue weighted by molar-refractivity contribution is -0.124. The monoisotopic (exact) mass is 503 g/mol. The van der Waals surface area contributed by atoms with Gasteiger partial charge in [-0.05, 0) is 100 Å². The number of hydrogen-bond acceptors (Lipinski definition) is 5. The predicted octanol–water partition coefficient (Wildman–Crippen LogP) is 7.34. The lowest BCUT2D eigenvalue weighted by atomic mass is 9.73. The highest BCUT2D eigenvalue weighted by molar-refractivity contribution is 7.14. The summed E-state index contributed by atoms with van der Waals surface area (Å²) in [5, 5.41) is 0. The first-order chi connectivity index (χ1) is 16.7. The Morgan fingerprint density at radius 3 is 2.14 bits per heavy atom. The molecule has 0 unspecified atom stereocenters. The third-order valence-electron chi connectivity index (χ3n) is 9.05. The number of thiophene rings is 1. The van der Waals surface area contributed by atoms with E-state index in [2.05, 4.69) is 26.8 Å². The van der Waals surface area contributed by atoms with Gasteiger partial charge in [0.25, 0.3) is 0 Å². The van der Waals surface area contributed by atoms with Gasteiger partial charge in [0.2, 0.25) is 5.91 Å². The number of anilines is 1. The Labute approximate surface area is 215 Å². The molecule has 0 spiro atoms. The maximum absolute atomic E-state index is 14.1. The lowest BCUT2D eigenvalue weighted by Gasteiger charge is -2.39. The smallest absolute Gasteiger partial charge is 0.350 e. The zero-order valence-corrected chi connectivity index (χ0v) is 23.3. The van der Waals surface area contributed by atoms with Crippen molar-refractivity contribution in [3.8, 4) is 0 Å². The second-order valence-corrected chi connectivity index (χ2v) is 13.2. The Hall–Kier alpha value is -1.40. The molecular weight excluding hydrogens is 458 g/mol. The zero-order chi connectivity index (χ0) is 25.2. The molecule has 0 bridgehead atoms.